The number of nitrogens with one attached hydrogen (secondary N) is 1. The van der Waals surface area contributed by atoms with E-state index >= 15 is 0 Å². The molecule has 0 bridgehead atoms. The Balaban J connectivity index is 1.40. The normalized spacial score (nSPS) is 22.4. The Morgan fingerprint density at radius 3 is 2.75 bits per heavy atom. The van der Waals surface area contributed by atoms with Crippen LogP contribution in [0.15, 0.2) is 30.5 Å². The molecule has 0 saturated carbocycles. The number of benzene rings is 1. The van der Waals surface area contributed by atoms with Crippen LogP contribution in [0.4, 0.5) is 8.78 Å². The summed E-state index contributed by atoms with van der Waals surface area (Å²) in [6.45, 7) is 2.15. The molecule has 1 unspecified atom stereocenters. The van der Waals surface area contributed by atoms with Crippen molar-refractivity contribution in [3.63, 3.8) is 0 Å². The molecule has 1 amide bonds. The number of likely N-dealkylation sites (tertiary alicyclic amines) is 1. The van der Waals surface area contributed by atoms with Crippen LogP contribution in [-0.4, -0.2) is 53.6 Å². The zero-order chi connectivity index (χ0) is 19.5. The molecule has 2 aliphatic heterocycles. The van der Waals surface area contributed by atoms with E-state index in [2.05, 4.69) is 10.2 Å². The summed E-state index contributed by atoms with van der Waals surface area (Å²) in [5.41, 5.74) is 0.769. The van der Waals surface area contributed by atoms with Crippen LogP contribution >= 0.6 is 0 Å². The van der Waals surface area contributed by atoms with E-state index in [1.807, 2.05) is 24.3 Å². The molecule has 1 aromatic carbocycles. The predicted molar refractivity (Wildman–Crippen MR) is 104 cm³/mol. The van der Waals surface area contributed by atoms with Crippen LogP contribution in [-0.2, 0) is 11.3 Å². The number of hydrogen-bond donors (Lipinski definition) is 1. The van der Waals surface area contributed by atoms with Gasteiger partial charge in [0.2, 0.25) is 5.91 Å². The number of piperidine rings is 1. The number of aromatic nitrogens is 1. The standard InChI is InChI=1S/C21H27F2N3O2/c22-20(23)14-26-13-9-16-17(26)5-3-6-19(16)28-15-7-11-25(12-8-15)18-4-1-2-10-24-21(18)27/h3,5-6,9,13,15,18,20H,1-2,4,7-8,10-12,14H2,(H,24,27). The van der Waals surface area contributed by atoms with Gasteiger partial charge in [-0.15, -0.1) is 0 Å². The lowest BCUT2D eigenvalue weighted by atomic mass is 10.0. The number of fused-ring (bicyclic) bond motifs is 1. The highest BCUT2D eigenvalue weighted by molar-refractivity contribution is 5.86. The van der Waals surface area contributed by atoms with Crippen LogP contribution in [0, 0.1) is 0 Å². The number of hydrogen-bond acceptors (Lipinski definition) is 3. The van der Waals surface area contributed by atoms with E-state index < -0.39 is 6.43 Å². The SMILES string of the molecule is O=C1NCCCCC1N1CCC(Oc2cccc3c2ccn3CC(F)F)CC1. The molecular formula is C21H27F2N3O2. The second-order valence-corrected chi connectivity index (χ2v) is 7.70. The minimum atomic E-state index is -2.38. The van der Waals surface area contributed by atoms with Gasteiger partial charge in [-0.1, -0.05) is 6.07 Å². The average molecular weight is 391 g/mol. The van der Waals surface area contributed by atoms with Crippen molar-refractivity contribution in [2.45, 2.75) is 57.2 Å². The molecule has 2 saturated heterocycles. The Labute approximate surface area is 163 Å². The van der Waals surface area contributed by atoms with E-state index in [1.54, 1.807) is 10.8 Å². The molecule has 2 fully saturated rings. The fourth-order valence-corrected chi connectivity index (χ4v) is 4.36. The van der Waals surface area contributed by atoms with E-state index in [0.717, 1.165) is 68.4 Å². The van der Waals surface area contributed by atoms with Crippen molar-refractivity contribution in [3.8, 4) is 5.75 Å². The number of carbonyl (C=O) groups is 1. The van der Waals surface area contributed by atoms with Gasteiger partial charge in [-0.3, -0.25) is 9.69 Å². The number of carbonyl (C=O) groups excluding carboxylic acids is 1. The lowest BCUT2D eigenvalue weighted by Crippen LogP contribution is -2.50. The van der Waals surface area contributed by atoms with Crippen molar-refractivity contribution in [2.75, 3.05) is 19.6 Å². The fraction of sp³-hybridized carbons (Fsp3) is 0.571. The van der Waals surface area contributed by atoms with Crippen LogP contribution in [0.25, 0.3) is 10.9 Å². The van der Waals surface area contributed by atoms with Crippen LogP contribution in [0.1, 0.15) is 32.1 Å². The van der Waals surface area contributed by atoms with Crippen molar-refractivity contribution in [1.29, 1.82) is 0 Å². The van der Waals surface area contributed by atoms with Gasteiger partial charge in [0, 0.05) is 31.2 Å². The third kappa shape index (κ3) is 4.14. The van der Waals surface area contributed by atoms with E-state index in [0.29, 0.717) is 0 Å². The maximum absolute atomic E-state index is 12.8. The second-order valence-electron chi connectivity index (χ2n) is 7.70. The molecule has 0 spiro atoms. The first-order chi connectivity index (χ1) is 13.6. The van der Waals surface area contributed by atoms with E-state index in [4.69, 9.17) is 4.74 Å². The lowest BCUT2D eigenvalue weighted by molar-refractivity contribution is -0.127. The van der Waals surface area contributed by atoms with Crippen LogP contribution < -0.4 is 10.1 Å². The summed E-state index contributed by atoms with van der Waals surface area (Å²) in [6, 6.07) is 7.43. The van der Waals surface area contributed by atoms with E-state index in [-0.39, 0.29) is 24.6 Å². The van der Waals surface area contributed by atoms with Gasteiger partial charge in [0.1, 0.15) is 11.9 Å². The Kier molecular flexibility index (Phi) is 5.80. The topological polar surface area (TPSA) is 46.5 Å². The van der Waals surface area contributed by atoms with Gasteiger partial charge in [0.25, 0.3) is 6.43 Å². The van der Waals surface area contributed by atoms with Crippen molar-refractivity contribution in [2.24, 2.45) is 0 Å². The molecular weight excluding hydrogens is 364 g/mol. The Hall–Kier alpha value is -2.15. The molecule has 152 valence electrons. The lowest BCUT2D eigenvalue weighted by Gasteiger charge is -2.36. The third-order valence-corrected chi connectivity index (χ3v) is 5.83. The zero-order valence-electron chi connectivity index (χ0n) is 15.9. The maximum Gasteiger partial charge on any atom is 0.256 e. The number of rotatable bonds is 5. The minimum Gasteiger partial charge on any atom is -0.490 e. The second kappa shape index (κ2) is 8.47. The number of alkyl halides is 2. The first-order valence-electron chi connectivity index (χ1n) is 10.2. The summed E-state index contributed by atoms with van der Waals surface area (Å²) in [4.78, 5) is 14.5. The fourth-order valence-electron chi connectivity index (χ4n) is 4.36. The summed E-state index contributed by atoms with van der Waals surface area (Å²) in [5.74, 6) is 0.901. The Morgan fingerprint density at radius 1 is 1.14 bits per heavy atom. The number of ether oxygens (including phenoxy) is 1. The smallest absolute Gasteiger partial charge is 0.256 e. The summed E-state index contributed by atoms with van der Waals surface area (Å²) in [5, 5.41) is 3.88. The van der Waals surface area contributed by atoms with Gasteiger partial charge in [-0.25, -0.2) is 8.78 Å². The number of amides is 1. The molecule has 3 heterocycles. The van der Waals surface area contributed by atoms with Crippen LogP contribution in [0.5, 0.6) is 5.75 Å². The third-order valence-electron chi connectivity index (χ3n) is 5.83. The monoisotopic (exact) mass is 391 g/mol. The summed E-state index contributed by atoms with van der Waals surface area (Å²) in [6.07, 6.45) is 4.16. The first kappa shape index (κ1) is 19.2. The van der Waals surface area contributed by atoms with Crippen LogP contribution in [0.3, 0.4) is 0 Å². The van der Waals surface area contributed by atoms with Gasteiger partial charge in [-0.05, 0) is 50.3 Å². The molecule has 5 nitrogen and oxygen atoms in total. The van der Waals surface area contributed by atoms with E-state index in [1.165, 1.54) is 0 Å². The largest absolute Gasteiger partial charge is 0.490 e. The summed E-state index contributed by atoms with van der Waals surface area (Å²) < 4.78 is 33.3. The zero-order valence-corrected chi connectivity index (χ0v) is 15.9. The summed E-state index contributed by atoms with van der Waals surface area (Å²) in [7, 11) is 0. The Bertz CT molecular complexity index is 815. The van der Waals surface area contributed by atoms with E-state index in [9.17, 15) is 13.6 Å². The predicted octanol–water partition coefficient (Wildman–Crippen LogP) is 3.42. The van der Waals surface area contributed by atoms with Crippen molar-refractivity contribution in [3.05, 3.63) is 30.5 Å². The molecule has 1 N–H and O–H groups in total. The molecule has 2 aliphatic rings. The quantitative estimate of drug-likeness (QED) is 0.850. The van der Waals surface area contributed by atoms with Gasteiger partial charge < -0.3 is 14.6 Å². The minimum absolute atomic E-state index is 0.0183. The number of halogens is 2. The first-order valence-corrected chi connectivity index (χ1v) is 10.2. The van der Waals surface area contributed by atoms with Crippen LogP contribution in [0.2, 0.25) is 0 Å². The van der Waals surface area contributed by atoms with Crippen molar-refractivity contribution < 1.29 is 18.3 Å². The number of nitrogens with zero attached hydrogens (tertiary/aromatic N) is 2. The Morgan fingerprint density at radius 2 is 1.96 bits per heavy atom. The molecule has 0 aliphatic carbocycles. The molecule has 7 heteroatoms. The highest BCUT2D eigenvalue weighted by Crippen LogP contribution is 2.30. The maximum atomic E-state index is 12.8. The van der Waals surface area contributed by atoms with Crippen molar-refractivity contribution in [1.82, 2.24) is 14.8 Å². The molecule has 1 atom stereocenters. The molecule has 28 heavy (non-hydrogen) atoms. The van der Waals surface area contributed by atoms with Gasteiger partial charge in [0.15, 0.2) is 0 Å². The highest BCUT2D eigenvalue weighted by atomic mass is 19.3. The van der Waals surface area contributed by atoms with Gasteiger partial charge in [0.05, 0.1) is 18.1 Å². The molecule has 1 aromatic heterocycles. The van der Waals surface area contributed by atoms with Crippen molar-refractivity contribution >= 4 is 16.8 Å². The molecule has 2 aromatic rings. The average Bonchev–Trinajstić information content (AvgIpc) is 2.96. The van der Waals surface area contributed by atoms with Gasteiger partial charge in [-0.2, -0.15) is 0 Å². The molecule has 4 rings (SSSR count). The molecule has 0 radical (unpaired) electrons. The highest BCUT2D eigenvalue weighted by Gasteiger charge is 2.31. The summed E-state index contributed by atoms with van der Waals surface area (Å²) >= 11 is 0. The van der Waals surface area contributed by atoms with Gasteiger partial charge >= 0.3 is 0 Å².